The monoisotopic (exact) mass is 496 g/mol. The highest BCUT2D eigenvalue weighted by Crippen LogP contribution is 2.45. The van der Waals surface area contributed by atoms with E-state index in [1.165, 1.54) is 16.0 Å². The molecule has 0 saturated carbocycles. The first-order valence-corrected chi connectivity index (χ1v) is 12.5. The number of aliphatic hydroxyl groups is 1. The molecule has 4 aromatic rings. The van der Waals surface area contributed by atoms with E-state index in [9.17, 15) is 14.7 Å². The van der Waals surface area contributed by atoms with Gasteiger partial charge in [0.25, 0.3) is 11.7 Å². The summed E-state index contributed by atoms with van der Waals surface area (Å²) in [5, 5.41) is 13.0. The Labute approximate surface area is 214 Å². The predicted octanol–water partition coefficient (Wildman–Crippen LogP) is 6.34. The Morgan fingerprint density at radius 3 is 2.44 bits per heavy atom. The molecule has 1 unspecified atom stereocenters. The summed E-state index contributed by atoms with van der Waals surface area (Å²) < 4.78 is 1.98. The second kappa shape index (κ2) is 8.68. The topological polar surface area (TPSA) is 62.5 Å². The molecule has 0 radical (unpaired) electrons. The number of rotatable bonds is 3. The molecule has 1 fully saturated rings. The molecule has 1 atom stereocenters. The quantitative estimate of drug-likeness (QED) is 0.204. The number of fused-ring (bicyclic) bond motifs is 2. The minimum atomic E-state index is -0.784. The first kappa shape index (κ1) is 22.6. The SMILES string of the molecule is Cn1cc(C2/C(=C(\O)c3ccc4c(c3)CCCC4)C(=O)C(=O)N2c2ccc(Cl)cc2)c2ccccc21. The molecule has 1 N–H and O–H groups in total. The highest BCUT2D eigenvalue weighted by atomic mass is 35.5. The van der Waals surface area contributed by atoms with Crippen LogP contribution < -0.4 is 4.90 Å². The lowest BCUT2D eigenvalue weighted by atomic mass is 9.88. The number of carbonyl (C=O) groups excluding carboxylic acids is 2. The van der Waals surface area contributed by atoms with Crippen molar-refractivity contribution in [1.82, 2.24) is 4.57 Å². The minimum Gasteiger partial charge on any atom is -0.507 e. The van der Waals surface area contributed by atoms with E-state index in [2.05, 4.69) is 0 Å². The molecule has 2 aliphatic rings. The van der Waals surface area contributed by atoms with Crippen LogP contribution in [0.4, 0.5) is 5.69 Å². The molecule has 1 amide bonds. The second-order valence-corrected chi connectivity index (χ2v) is 9.99. The Kier molecular flexibility index (Phi) is 5.45. The summed E-state index contributed by atoms with van der Waals surface area (Å²) in [5.41, 5.74) is 5.44. The van der Waals surface area contributed by atoms with E-state index in [1.807, 2.05) is 60.3 Å². The van der Waals surface area contributed by atoms with Gasteiger partial charge in [0.2, 0.25) is 0 Å². The van der Waals surface area contributed by atoms with E-state index in [4.69, 9.17) is 11.6 Å². The summed E-state index contributed by atoms with van der Waals surface area (Å²) in [6.45, 7) is 0. The third-order valence-corrected chi connectivity index (χ3v) is 7.65. The summed E-state index contributed by atoms with van der Waals surface area (Å²) in [6.07, 6.45) is 6.17. The number of aromatic nitrogens is 1. The average molecular weight is 497 g/mol. The number of nitrogens with zero attached hydrogens (tertiary/aromatic N) is 2. The third kappa shape index (κ3) is 3.54. The number of halogens is 1. The van der Waals surface area contributed by atoms with Crippen molar-refractivity contribution in [3.05, 3.63) is 106 Å². The largest absolute Gasteiger partial charge is 0.507 e. The molecule has 2 heterocycles. The van der Waals surface area contributed by atoms with E-state index >= 15 is 0 Å². The van der Waals surface area contributed by atoms with Crippen LogP contribution in [0.15, 0.2) is 78.5 Å². The van der Waals surface area contributed by atoms with Gasteiger partial charge in [-0.3, -0.25) is 14.5 Å². The molecule has 0 bridgehead atoms. The fraction of sp³-hybridized carbons (Fsp3) is 0.200. The fourth-order valence-electron chi connectivity index (χ4n) is 5.62. The van der Waals surface area contributed by atoms with E-state index in [-0.39, 0.29) is 11.3 Å². The van der Waals surface area contributed by atoms with Crippen molar-refractivity contribution < 1.29 is 14.7 Å². The molecule has 0 spiro atoms. The summed E-state index contributed by atoms with van der Waals surface area (Å²) in [7, 11) is 1.93. The first-order chi connectivity index (χ1) is 17.4. The Morgan fingerprint density at radius 2 is 1.67 bits per heavy atom. The molecule has 1 aliphatic carbocycles. The van der Waals surface area contributed by atoms with Gasteiger partial charge in [0.1, 0.15) is 5.76 Å². The maximum absolute atomic E-state index is 13.5. The highest BCUT2D eigenvalue weighted by Gasteiger charge is 2.47. The first-order valence-electron chi connectivity index (χ1n) is 12.2. The maximum atomic E-state index is 13.5. The van der Waals surface area contributed by atoms with Crippen LogP contribution in [0, 0.1) is 0 Å². The number of para-hydroxylation sites is 1. The fourth-order valence-corrected chi connectivity index (χ4v) is 5.75. The van der Waals surface area contributed by atoms with Crippen LogP contribution in [0.1, 0.15) is 41.1 Å². The van der Waals surface area contributed by atoms with Crippen LogP contribution in [0.5, 0.6) is 0 Å². The van der Waals surface area contributed by atoms with Gasteiger partial charge in [0, 0.05) is 46.0 Å². The molecule has 6 heteroatoms. The molecular formula is C30H25ClN2O3. The lowest BCUT2D eigenvalue weighted by Crippen LogP contribution is -2.29. The number of carbonyl (C=O) groups is 2. The number of ketones is 1. The van der Waals surface area contributed by atoms with E-state index in [1.54, 1.807) is 24.3 Å². The van der Waals surface area contributed by atoms with E-state index < -0.39 is 17.7 Å². The molecule has 1 aliphatic heterocycles. The Hall–Kier alpha value is -3.83. The van der Waals surface area contributed by atoms with Crippen molar-refractivity contribution in [3.8, 4) is 0 Å². The zero-order valence-electron chi connectivity index (χ0n) is 19.9. The van der Waals surface area contributed by atoms with Crippen molar-refractivity contribution in [3.63, 3.8) is 0 Å². The van der Waals surface area contributed by atoms with Crippen molar-refractivity contribution in [2.24, 2.45) is 7.05 Å². The van der Waals surface area contributed by atoms with Crippen molar-refractivity contribution >= 4 is 45.6 Å². The molecule has 1 aromatic heterocycles. The minimum absolute atomic E-state index is 0.0991. The summed E-state index contributed by atoms with van der Waals surface area (Å²) >= 11 is 6.11. The highest BCUT2D eigenvalue weighted by molar-refractivity contribution is 6.52. The van der Waals surface area contributed by atoms with Crippen LogP contribution in [-0.2, 0) is 29.5 Å². The lowest BCUT2D eigenvalue weighted by molar-refractivity contribution is -0.132. The van der Waals surface area contributed by atoms with Gasteiger partial charge in [-0.2, -0.15) is 0 Å². The molecule has 3 aromatic carbocycles. The third-order valence-electron chi connectivity index (χ3n) is 7.39. The number of amides is 1. The second-order valence-electron chi connectivity index (χ2n) is 9.55. The number of hydrogen-bond donors (Lipinski definition) is 1. The average Bonchev–Trinajstić information content (AvgIpc) is 3.37. The number of hydrogen-bond acceptors (Lipinski definition) is 3. The van der Waals surface area contributed by atoms with E-state index in [0.717, 1.165) is 42.1 Å². The van der Waals surface area contributed by atoms with Crippen LogP contribution >= 0.6 is 11.6 Å². The maximum Gasteiger partial charge on any atom is 0.300 e. The summed E-state index contributed by atoms with van der Waals surface area (Å²) in [5.74, 6) is -1.51. The van der Waals surface area contributed by atoms with Crippen LogP contribution in [0.3, 0.4) is 0 Å². The number of anilines is 1. The molecule has 180 valence electrons. The Balaban J connectivity index is 1.59. The van der Waals surface area contributed by atoms with Gasteiger partial charge in [-0.1, -0.05) is 41.9 Å². The summed E-state index contributed by atoms with van der Waals surface area (Å²) in [6, 6.07) is 19.8. The van der Waals surface area contributed by atoms with Crippen LogP contribution in [0.2, 0.25) is 5.02 Å². The van der Waals surface area contributed by atoms with Gasteiger partial charge in [0.05, 0.1) is 11.6 Å². The number of aryl methyl sites for hydroxylation is 3. The normalized spacial score (nSPS) is 19.2. The van der Waals surface area contributed by atoms with E-state index in [0.29, 0.717) is 16.3 Å². The van der Waals surface area contributed by atoms with Gasteiger partial charge in [0.15, 0.2) is 0 Å². The van der Waals surface area contributed by atoms with Crippen molar-refractivity contribution in [2.45, 2.75) is 31.7 Å². The molecule has 1 saturated heterocycles. The molecule has 36 heavy (non-hydrogen) atoms. The van der Waals surface area contributed by atoms with Crippen LogP contribution in [-0.4, -0.2) is 21.4 Å². The lowest BCUT2D eigenvalue weighted by Gasteiger charge is -2.25. The molecule has 5 nitrogen and oxygen atoms in total. The Bertz CT molecular complexity index is 1570. The smallest absolute Gasteiger partial charge is 0.300 e. The van der Waals surface area contributed by atoms with Gasteiger partial charge in [-0.15, -0.1) is 0 Å². The standard InChI is InChI=1S/C30H25ClN2O3/c1-32-17-24(23-8-4-5-9-25(23)32)27-26(28(34)20-11-10-18-6-2-3-7-19(18)16-20)29(35)30(36)33(27)22-14-12-21(31)13-15-22/h4-5,8-17,27,34H,2-3,6-7H2,1H3/b28-26+. The van der Waals surface area contributed by atoms with Crippen LogP contribution in [0.25, 0.3) is 16.7 Å². The van der Waals surface area contributed by atoms with Gasteiger partial charge in [-0.25, -0.2) is 0 Å². The van der Waals surface area contributed by atoms with Crippen molar-refractivity contribution in [1.29, 1.82) is 0 Å². The Morgan fingerprint density at radius 1 is 0.944 bits per heavy atom. The zero-order valence-corrected chi connectivity index (χ0v) is 20.6. The van der Waals surface area contributed by atoms with Gasteiger partial charge >= 0.3 is 0 Å². The predicted molar refractivity (Wildman–Crippen MR) is 142 cm³/mol. The number of benzene rings is 3. The van der Waals surface area contributed by atoms with Gasteiger partial charge < -0.3 is 9.67 Å². The van der Waals surface area contributed by atoms with Crippen molar-refractivity contribution in [2.75, 3.05) is 4.90 Å². The molecular weight excluding hydrogens is 472 g/mol. The van der Waals surface area contributed by atoms with Gasteiger partial charge in [-0.05, 0) is 73.2 Å². The number of Topliss-reactive ketones (excluding diaryl/α,β-unsaturated/α-hetero) is 1. The summed E-state index contributed by atoms with van der Waals surface area (Å²) in [4.78, 5) is 28.5. The zero-order chi connectivity index (χ0) is 25.0. The molecule has 6 rings (SSSR count). The number of aliphatic hydroxyl groups excluding tert-OH is 1.